The highest BCUT2D eigenvalue weighted by molar-refractivity contribution is 7.93. The number of carbonyl (C=O) groups is 2. The topological polar surface area (TPSA) is 163 Å². The summed E-state index contributed by atoms with van der Waals surface area (Å²) >= 11 is 0. The molecule has 0 saturated carbocycles. The van der Waals surface area contributed by atoms with Crippen molar-refractivity contribution in [1.82, 2.24) is 20.4 Å². The van der Waals surface area contributed by atoms with Crippen LogP contribution in [0.2, 0.25) is 0 Å². The van der Waals surface area contributed by atoms with Gasteiger partial charge in [0.25, 0.3) is 31.9 Å². The molecule has 330 valence electrons. The number of carbonyl (C=O) groups excluding carboxylic acids is 2. The summed E-state index contributed by atoms with van der Waals surface area (Å²) in [4.78, 5) is 27.2. The predicted molar refractivity (Wildman–Crippen MR) is 246 cm³/mol. The summed E-state index contributed by atoms with van der Waals surface area (Å²) in [5.74, 6) is 0.0399. The monoisotopic (exact) mass is 891 g/mol. The normalized spacial score (nSPS) is 12.4. The number of aryl methyl sites for hydroxylation is 1. The van der Waals surface area contributed by atoms with Crippen molar-refractivity contribution in [3.8, 4) is 5.75 Å². The van der Waals surface area contributed by atoms with Crippen LogP contribution in [0.5, 0.6) is 5.75 Å². The summed E-state index contributed by atoms with van der Waals surface area (Å²) in [6.45, 7) is 8.98. The van der Waals surface area contributed by atoms with Crippen LogP contribution in [-0.2, 0) is 40.2 Å². The minimum absolute atomic E-state index is 0.0234. The van der Waals surface area contributed by atoms with E-state index in [0.717, 1.165) is 23.4 Å². The smallest absolute Gasteiger partial charge is 0.281 e. The number of anilines is 3. The van der Waals surface area contributed by atoms with E-state index >= 15 is 0 Å². The molecule has 0 saturated heterocycles. The fourth-order valence-electron chi connectivity index (χ4n) is 6.78. The number of fused-ring (bicyclic) bond motifs is 1. The molecule has 63 heavy (non-hydrogen) atoms. The van der Waals surface area contributed by atoms with Crippen molar-refractivity contribution in [1.29, 1.82) is 0 Å². The number of aromatic nitrogens is 2. The molecule has 2 N–H and O–H groups in total. The molecule has 0 fully saturated rings. The Bertz CT molecular complexity index is 2750. The quantitative estimate of drug-likeness (QED) is 0.117. The highest BCUT2D eigenvalue weighted by atomic mass is 32.2. The van der Waals surface area contributed by atoms with Crippen molar-refractivity contribution in [2.45, 2.75) is 62.8 Å². The van der Waals surface area contributed by atoms with E-state index in [-0.39, 0.29) is 46.9 Å². The van der Waals surface area contributed by atoms with E-state index < -0.39 is 20.0 Å². The Hall–Kier alpha value is -6.65. The second kappa shape index (κ2) is 20.0. The molecular weight excluding hydrogens is 839 g/mol. The summed E-state index contributed by atoms with van der Waals surface area (Å²) in [7, 11) is -4.34. The fraction of sp³-hybridized carbons (Fsp3) is 0.255. The fourth-order valence-corrected chi connectivity index (χ4v) is 9.79. The molecule has 0 bridgehead atoms. The van der Waals surface area contributed by atoms with E-state index in [2.05, 4.69) is 15.7 Å². The largest absolute Gasteiger partial charge is 0.490 e. The van der Waals surface area contributed by atoms with Gasteiger partial charge in [-0.3, -0.25) is 22.9 Å². The molecule has 6 aromatic rings. The minimum atomic E-state index is -3.97. The van der Waals surface area contributed by atoms with Gasteiger partial charge in [0.1, 0.15) is 12.4 Å². The molecule has 7 rings (SSSR count). The maximum absolute atomic E-state index is 13.9. The van der Waals surface area contributed by atoms with Crippen LogP contribution in [0, 0.1) is 0 Å². The number of ether oxygens (including phenoxy) is 1. The molecule has 1 aliphatic rings. The Morgan fingerprint density at radius 1 is 0.651 bits per heavy atom. The highest BCUT2D eigenvalue weighted by Gasteiger charge is 2.30. The van der Waals surface area contributed by atoms with Crippen LogP contribution < -0.4 is 28.9 Å². The third-order valence-corrected chi connectivity index (χ3v) is 13.5. The number of likely N-dealkylation sites (N-methyl/N-ethyl adjacent to an activating group) is 1. The molecule has 16 heteroatoms. The maximum Gasteiger partial charge on any atom is 0.281 e. The summed E-state index contributed by atoms with van der Waals surface area (Å²) in [6, 6.07) is 38.4. The Morgan fingerprint density at radius 3 is 1.63 bits per heavy atom. The molecule has 2 amide bonds. The first kappa shape index (κ1) is 45.9. The second-order valence-corrected chi connectivity index (χ2v) is 19.2. The van der Waals surface area contributed by atoms with Gasteiger partial charge < -0.3 is 20.3 Å². The first-order valence-electron chi connectivity index (χ1n) is 20.5. The summed E-state index contributed by atoms with van der Waals surface area (Å²) < 4.78 is 64.4. The number of nitrogens with zero attached hydrogens (tertiary/aromatic N) is 5. The van der Waals surface area contributed by atoms with Crippen LogP contribution in [0.4, 0.5) is 17.1 Å². The molecule has 0 spiro atoms. The lowest BCUT2D eigenvalue weighted by molar-refractivity contribution is 0.0934. The van der Waals surface area contributed by atoms with Gasteiger partial charge in [0.15, 0.2) is 5.03 Å². The molecular formula is C47H53N7O7S2. The first-order chi connectivity index (χ1) is 30.0. The molecule has 14 nitrogen and oxygen atoms in total. The van der Waals surface area contributed by atoms with Gasteiger partial charge in [-0.1, -0.05) is 72.8 Å². The number of nitrogens with one attached hydrogen (secondary N) is 2. The third-order valence-electron chi connectivity index (χ3n) is 9.92. The lowest BCUT2D eigenvalue weighted by Crippen LogP contribution is -2.33. The number of benzene rings is 5. The zero-order valence-electron chi connectivity index (χ0n) is 36.2. The van der Waals surface area contributed by atoms with E-state index in [9.17, 15) is 26.4 Å². The van der Waals surface area contributed by atoms with Gasteiger partial charge in [0, 0.05) is 43.4 Å². The van der Waals surface area contributed by atoms with Crippen molar-refractivity contribution in [3.05, 3.63) is 162 Å². The van der Waals surface area contributed by atoms with Crippen molar-refractivity contribution in [3.63, 3.8) is 0 Å². The molecule has 0 unspecified atom stereocenters. The predicted octanol–water partition coefficient (Wildman–Crippen LogP) is 7.00. The van der Waals surface area contributed by atoms with Gasteiger partial charge in [-0.05, 0) is 93.4 Å². The number of rotatable bonds is 14. The zero-order valence-corrected chi connectivity index (χ0v) is 37.8. The highest BCUT2D eigenvalue weighted by Crippen LogP contribution is 2.35. The number of amides is 2. The average Bonchev–Trinajstić information content (AvgIpc) is 3.72. The summed E-state index contributed by atoms with van der Waals surface area (Å²) in [6.07, 6.45) is 1.44. The Labute approximate surface area is 370 Å². The van der Waals surface area contributed by atoms with E-state index in [1.54, 1.807) is 73.8 Å². The van der Waals surface area contributed by atoms with E-state index in [0.29, 0.717) is 34.9 Å². The summed E-state index contributed by atoms with van der Waals surface area (Å²) in [5, 5.41) is 9.75. The Balaban J connectivity index is 0.000000213. The first-order valence-corrected chi connectivity index (χ1v) is 23.3. The number of sulfonamides is 2. The van der Waals surface area contributed by atoms with Crippen LogP contribution >= 0.6 is 0 Å². The van der Waals surface area contributed by atoms with Crippen LogP contribution in [-0.4, -0.2) is 70.7 Å². The van der Waals surface area contributed by atoms with Crippen molar-refractivity contribution in [2.75, 3.05) is 33.7 Å². The lowest BCUT2D eigenvalue weighted by atomic mass is 10.1. The van der Waals surface area contributed by atoms with E-state index in [1.807, 2.05) is 100 Å². The Morgan fingerprint density at radius 2 is 1.16 bits per heavy atom. The second-order valence-electron chi connectivity index (χ2n) is 15.5. The molecule has 1 aliphatic heterocycles. The minimum Gasteiger partial charge on any atom is -0.490 e. The molecule has 0 atom stereocenters. The standard InChI is InChI=1S/C26H29N3O4S.C21H24N4O3S/c1-19(2)27-26(30)21-10-7-11-22(16-21)29(18-20-8-5-4-6-9-20)34(31,32)23-12-13-24-25(17-23)33-15-14-28(24)3;1-16(2)23-21(26)18-10-7-11-19(14-18)25(15-17-8-5-4-6-9-17)29(27,28)20-12-13-22-24(20)3/h4-13,16-17,19H,14-15,18H2,1-3H3,(H,27,30);4-14,16H,15H2,1-3H3,(H,23,26). The van der Waals surface area contributed by atoms with Crippen LogP contribution in [0.25, 0.3) is 0 Å². The van der Waals surface area contributed by atoms with Crippen LogP contribution in [0.3, 0.4) is 0 Å². The third kappa shape index (κ3) is 11.2. The molecule has 0 radical (unpaired) electrons. The molecule has 2 heterocycles. The van der Waals surface area contributed by atoms with Gasteiger partial charge in [0.2, 0.25) is 0 Å². The lowest BCUT2D eigenvalue weighted by Gasteiger charge is -2.29. The maximum atomic E-state index is 13.9. The van der Waals surface area contributed by atoms with Gasteiger partial charge in [-0.25, -0.2) is 8.42 Å². The van der Waals surface area contributed by atoms with Crippen molar-refractivity contribution >= 4 is 48.9 Å². The Kier molecular flexibility index (Phi) is 14.6. The van der Waals surface area contributed by atoms with Crippen LogP contribution in [0.15, 0.2) is 150 Å². The van der Waals surface area contributed by atoms with E-state index in [1.165, 1.54) is 25.6 Å². The van der Waals surface area contributed by atoms with Gasteiger partial charge in [-0.2, -0.15) is 13.5 Å². The summed E-state index contributed by atoms with van der Waals surface area (Å²) in [5.41, 5.74) is 4.13. The zero-order chi connectivity index (χ0) is 45.3. The number of hydrogen-bond acceptors (Lipinski definition) is 9. The van der Waals surface area contributed by atoms with E-state index in [4.69, 9.17) is 4.74 Å². The average molecular weight is 892 g/mol. The molecule has 1 aromatic heterocycles. The van der Waals surface area contributed by atoms with Crippen LogP contribution in [0.1, 0.15) is 59.5 Å². The molecule has 5 aromatic carbocycles. The van der Waals surface area contributed by atoms with Gasteiger partial charge >= 0.3 is 0 Å². The SMILES string of the molecule is CC(C)NC(=O)c1cccc(N(Cc2ccccc2)S(=O)(=O)c2ccc3c(c2)OCCN3C)c1.CC(C)NC(=O)c1cccc(N(Cc2ccccc2)S(=O)(=O)c2ccnn2C)c1. The van der Waals surface area contributed by atoms with Gasteiger partial charge in [-0.15, -0.1) is 0 Å². The van der Waals surface area contributed by atoms with Crippen molar-refractivity contribution < 1.29 is 31.2 Å². The molecule has 0 aliphatic carbocycles. The number of hydrogen-bond donors (Lipinski definition) is 2. The van der Waals surface area contributed by atoms with Crippen molar-refractivity contribution in [2.24, 2.45) is 7.05 Å². The van der Waals surface area contributed by atoms with Gasteiger partial charge in [0.05, 0.1) is 47.8 Å².